The monoisotopic (exact) mass is 473 g/mol. The molecule has 0 bridgehead atoms. The summed E-state index contributed by atoms with van der Waals surface area (Å²) < 4.78 is 83.6. The summed E-state index contributed by atoms with van der Waals surface area (Å²) in [4.78, 5) is 6.50. The minimum atomic E-state index is -4.91. The molecule has 1 fully saturated rings. The number of hydrogen-bond donors (Lipinski definition) is 1. The van der Waals surface area contributed by atoms with Crippen molar-refractivity contribution in [3.8, 4) is 11.3 Å². The van der Waals surface area contributed by atoms with E-state index in [9.17, 15) is 26.3 Å². The van der Waals surface area contributed by atoms with E-state index in [1.54, 1.807) is 5.38 Å². The van der Waals surface area contributed by atoms with E-state index in [1.165, 1.54) is 0 Å². The lowest BCUT2D eigenvalue weighted by Crippen LogP contribution is -2.36. The average molecular weight is 473 g/mol. The van der Waals surface area contributed by atoms with Gasteiger partial charge in [0, 0.05) is 35.4 Å². The number of morpholine rings is 1. The predicted molar refractivity (Wildman–Crippen MR) is 110 cm³/mol. The average Bonchev–Trinajstić information content (AvgIpc) is 3.21. The van der Waals surface area contributed by atoms with Gasteiger partial charge in [-0.15, -0.1) is 11.3 Å². The molecule has 0 aliphatic carbocycles. The van der Waals surface area contributed by atoms with Crippen LogP contribution in [0.15, 0.2) is 47.8 Å². The Bertz CT molecular complexity index is 1040. The number of anilines is 3. The Morgan fingerprint density at radius 1 is 0.875 bits per heavy atom. The SMILES string of the molecule is FC(F)(F)c1cc(Nc2nc(-c3ccc(N4CCOCC4)cc3)cs2)cc(C(F)(F)F)c1. The zero-order chi connectivity index (χ0) is 22.9. The zero-order valence-electron chi connectivity index (χ0n) is 16.4. The van der Waals surface area contributed by atoms with Gasteiger partial charge in [-0.25, -0.2) is 4.98 Å². The Morgan fingerprint density at radius 2 is 1.47 bits per heavy atom. The molecule has 4 rings (SSSR count). The standard InChI is InChI=1S/C21H17F6N3OS/c22-20(23,24)14-9-15(21(25,26)27)11-16(10-14)28-19-29-18(12-32-19)13-1-3-17(4-2-13)30-5-7-31-8-6-30/h1-4,9-12H,5-8H2,(H,28,29). The number of nitrogens with zero attached hydrogens (tertiary/aromatic N) is 2. The molecule has 1 aliphatic rings. The van der Waals surface area contributed by atoms with E-state index in [1.807, 2.05) is 24.3 Å². The number of hydrogen-bond acceptors (Lipinski definition) is 5. The van der Waals surface area contributed by atoms with E-state index in [-0.39, 0.29) is 16.9 Å². The number of halogens is 6. The minimum Gasteiger partial charge on any atom is -0.378 e. The second-order valence-corrected chi connectivity index (χ2v) is 7.96. The molecule has 1 N–H and O–H groups in total. The molecule has 0 spiro atoms. The van der Waals surface area contributed by atoms with Gasteiger partial charge in [0.05, 0.1) is 30.0 Å². The van der Waals surface area contributed by atoms with Gasteiger partial charge in [-0.2, -0.15) is 26.3 Å². The van der Waals surface area contributed by atoms with Crippen LogP contribution >= 0.6 is 11.3 Å². The molecule has 1 aliphatic heterocycles. The van der Waals surface area contributed by atoms with Crippen molar-refractivity contribution in [3.05, 3.63) is 59.0 Å². The quantitative estimate of drug-likeness (QED) is 0.444. The summed E-state index contributed by atoms with van der Waals surface area (Å²) in [6.07, 6.45) is -9.82. The Morgan fingerprint density at radius 3 is 2.03 bits per heavy atom. The fraction of sp³-hybridized carbons (Fsp3) is 0.286. The van der Waals surface area contributed by atoms with E-state index in [4.69, 9.17) is 4.74 Å². The van der Waals surface area contributed by atoms with E-state index >= 15 is 0 Å². The number of aromatic nitrogens is 1. The first-order chi connectivity index (χ1) is 15.1. The number of alkyl halides is 6. The topological polar surface area (TPSA) is 37.4 Å². The summed E-state index contributed by atoms with van der Waals surface area (Å²) in [5.74, 6) is 0. The highest BCUT2D eigenvalue weighted by Gasteiger charge is 2.37. The first-order valence-electron chi connectivity index (χ1n) is 9.55. The lowest BCUT2D eigenvalue weighted by atomic mass is 10.1. The van der Waals surface area contributed by atoms with Crippen LogP contribution in [0, 0.1) is 0 Å². The first-order valence-corrected chi connectivity index (χ1v) is 10.4. The fourth-order valence-electron chi connectivity index (χ4n) is 3.28. The molecule has 11 heteroatoms. The van der Waals surface area contributed by atoms with Crippen LogP contribution in [0.25, 0.3) is 11.3 Å². The summed E-state index contributed by atoms with van der Waals surface area (Å²) in [5, 5.41) is 4.44. The van der Waals surface area contributed by atoms with Crippen LogP contribution in [0.2, 0.25) is 0 Å². The van der Waals surface area contributed by atoms with E-state index in [0.29, 0.717) is 31.0 Å². The molecule has 0 radical (unpaired) electrons. The van der Waals surface area contributed by atoms with Crippen molar-refractivity contribution in [2.24, 2.45) is 0 Å². The van der Waals surface area contributed by atoms with Gasteiger partial charge < -0.3 is 15.0 Å². The van der Waals surface area contributed by atoms with Crippen molar-refractivity contribution in [2.45, 2.75) is 12.4 Å². The van der Waals surface area contributed by atoms with Gasteiger partial charge in [-0.05, 0) is 30.3 Å². The van der Waals surface area contributed by atoms with Crippen LogP contribution < -0.4 is 10.2 Å². The van der Waals surface area contributed by atoms with Crippen LogP contribution in [-0.2, 0) is 17.1 Å². The minimum absolute atomic E-state index is 0.0917. The second-order valence-electron chi connectivity index (χ2n) is 7.10. The highest BCUT2D eigenvalue weighted by Crippen LogP contribution is 2.38. The summed E-state index contributed by atoms with van der Waals surface area (Å²) in [5.41, 5.74) is -0.721. The van der Waals surface area contributed by atoms with Crippen LogP contribution in [-0.4, -0.2) is 31.3 Å². The zero-order valence-corrected chi connectivity index (χ0v) is 17.2. The van der Waals surface area contributed by atoms with E-state index < -0.39 is 23.5 Å². The lowest BCUT2D eigenvalue weighted by Gasteiger charge is -2.28. The second kappa shape index (κ2) is 8.62. The van der Waals surface area contributed by atoms with Gasteiger partial charge in [0.2, 0.25) is 0 Å². The third kappa shape index (κ3) is 5.16. The Labute approximate surface area is 183 Å². The maximum Gasteiger partial charge on any atom is 0.416 e. The molecule has 1 aromatic heterocycles. The molecule has 1 saturated heterocycles. The van der Waals surface area contributed by atoms with E-state index in [0.717, 1.165) is 35.7 Å². The summed E-state index contributed by atoms with van der Waals surface area (Å²) in [6.45, 7) is 2.91. The number of nitrogens with one attached hydrogen (secondary N) is 1. The molecule has 32 heavy (non-hydrogen) atoms. The molecule has 2 heterocycles. The highest BCUT2D eigenvalue weighted by molar-refractivity contribution is 7.14. The van der Waals surface area contributed by atoms with Crippen molar-refractivity contribution >= 4 is 27.8 Å². The Balaban J connectivity index is 1.54. The smallest absolute Gasteiger partial charge is 0.378 e. The Hall–Kier alpha value is -2.79. The third-order valence-electron chi connectivity index (χ3n) is 4.88. The van der Waals surface area contributed by atoms with Crippen molar-refractivity contribution < 1.29 is 31.1 Å². The van der Waals surface area contributed by atoms with Crippen molar-refractivity contribution in [2.75, 3.05) is 36.5 Å². The van der Waals surface area contributed by atoms with Crippen LogP contribution in [0.4, 0.5) is 42.8 Å². The molecule has 2 aromatic carbocycles. The molecule has 4 nitrogen and oxygen atoms in total. The summed E-state index contributed by atoms with van der Waals surface area (Å²) in [7, 11) is 0. The number of thiazole rings is 1. The number of rotatable bonds is 4. The molecular weight excluding hydrogens is 456 g/mol. The molecule has 0 saturated carbocycles. The van der Waals surface area contributed by atoms with Crippen LogP contribution in [0.1, 0.15) is 11.1 Å². The summed E-state index contributed by atoms with van der Waals surface area (Å²) in [6, 6.07) is 8.98. The van der Waals surface area contributed by atoms with E-state index in [2.05, 4.69) is 15.2 Å². The molecule has 3 aromatic rings. The molecule has 0 amide bonds. The number of ether oxygens (including phenoxy) is 1. The van der Waals surface area contributed by atoms with Gasteiger partial charge in [-0.3, -0.25) is 0 Å². The third-order valence-corrected chi connectivity index (χ3v) is 5.64. The molecular formula is C21H17F6N3OS. The lowest BCUT2D eigenvalue weighted by molar-refractivity contribution is -0.143. The van der Waals surface area contributed by atoms with Gasteiger partial charge >= 0.3 is 12.4 Å². The largest absolute Gasteiger partial charge is 0.416 e. The van der Waals surface area contributed by atoms with Crippen LogP contribution in [0.5, 0.6) is 0 Å². The van der Waals surface area contributed by atoms with Gasteiger partial charge in [0.15, 0.2) is 5.13 Å². The molecule has 0 unspecified atom stereocenters. The highest BCUT2D eigenvalue weighted by atomic mass is 32.1. The molecule has 170 valence electrons. The van der Waals surface area contributed by atoms with Crippen LogP contribution in [0.3, 0.4) is 0 Å². The van der Waals surface area contributed by atoms with Gasteiger partial charge in [-0.1, -0.05) is 12.1 Å². The van der Waals surface area contributed by atoms with Gasteiger partial charge in [0.1, 0.15) is 0 Å². The predicted octanol–water partition coefficient (Wildman–Crippen LogP) is 6.43. The van der Waals surface area contributed by atoms with Crippen molar-refractivity contribution in [1.29, 1.82) is 0 Å². The first kappa shape index (κ1) is 22.4. The van der Waals surface area contributed by atoms with Crippen molar-refractivity contribution in [3.63, 3.8) is 0 Å². The van der Waals surface area contributed by atoms with Crippen molar-refractivity contribution in [1.82, 2.24) is 4.98 Å². The maximum absolute atomic E-state index is 13.0. The molecule has 0 atom stereocenters. The maximum atomic E-state index is 13.0. The summed E-state index contributed by atoms with van der Waals surface area (Å²) >= 11 is 1.09. The normalized spacial score (nSPS) is 15.1. The Kier molecular flexibility index (Phi) is 6.04. The fourth-order valence-corrected chi connectivity index (χ4v) is 4.02. The van der Waals surface area contributed by atoms with Gasteiger partial charge in [0.25, 0.3) is 0 Å². The number of benzene rings is 2.